The van der Waals surface area contributed by atoms with Crippen LogP contribution in [0.25, 0.3) is 0 Å². The summed E-state index contributed by atoms with van der Waals surface area (Å²) in [6.07, 6.45) is 0. The fraction of sp³-hybridized carbons (Fsp3) is 0.107. The Kier molecular flexibility index (Phi) is 4.78. The number of hydrogen-bond donors (Lipinski definition) is 1. The Bertz CT molecular complexity index is 1150. The van der Waals surface area contributed by atoms with E-state index in [-0.39, 0.29) is 0 Å². The molecule has 3 nitrogen and oxygen atoms in total. The van der Waals surface area contributed by atoms with Crippen molar-refractivity contribution in [1.29, 1.82) is 0 Å². The van der Waals surface area contributed by atoms with Gasteiger partial charge in [0.25, 0.3) is 0 Å². The Hall–Kier alpha value is -3.53. The molecule has 0 fully saturated rings. The molecule has 3 heteroatoms. The summed E-state index contributed by atoms with van der Waals surface area (Å²) in [5.41, 5.74) is 2.70. The molecular weight excluding hydrogens is 380 g/mol. The zero-order valence-electron chi connectivity index (χ0n) is 17.4. The smallest absolute Gasteiger partial charge is 0.187 e. The first-order valence-corrected chi connectivity index (χ1v) is 10.5. The fourth-order valence-corrected chi connectivity index (χ4v) is 4.59. The molecule has 0 saturated heterocycles. The normalized spacial score (nSPS) is 20.4. The number of nitrogens with zero attached hydrogens (tertiary/aromatic N) is 2. The van der Waals surface area contributed by atoms with Gasteiger partial charge in [-0.2, -0.15) is 0 Å². The molecule has 0 saturated carbocycles. The summed E-state index contributed by atoms with van der Waals surface area (Å²) in [6, 6.07) is 40.3. The maximum atomic E-state index is 12.1. The van der Waals surface area contributed by atoms with E-state index in [1.165, 1.54) is 5.06 Å². The van der Waals surface area contributed by atoms with Crippen LogP contribution < -0.4 is 0 Å². The molecule has 4 aromatic carbocycles. The second kappa shape index (κ2) is 7.62. The average molecular weight is 405 g/mol. The van der Waals surface area contributed by atoms with Crippen LogP contribution in [0.3, 0.4) is 0 Å². The largest absolute Gasteiger partial charge is 0.310 e. The third-order valence-electron chi connectivity index (χ3n) is 6.20. The van der Waals surface area contributed by atoms with Crippen molar-refractivity contribution in [2.75, 3.05) is 0 Å². The molecule has 0 spiro atoms. The van der Waals surface area contributed by atoms with Crippen LogP contribution in [0.15, 0.2) is 126 Å². The maximum Gasteiger partial charge on any atom is 0.187 e. The number of hydroxylamine groups is 2. The van der Waals surface area contributed by atoms with E-state index >= 15 is 0 Å². The number of hydrogen-bond acceptors (Lipinski definition) is 3. The highest BCUT2D eigenvalue weighted by Gasteiger charge is 2.57. The van der Waals surface area contributed by atoms with Gasteiger partial charge >= 0.3 is 0 Å². The minimum absolute atomic E-state index is 0.828. The van der Waals surface area contributed by atoms with Crippen molar-refractivity contribution in [2.45, 2.75) is 18.1 Å². The Morgan fingerprint density at radius 1 is 0.581 bits per heavy atom. The van der Waals surface area contributed by atoms with Crippen LogP contribution in [0, 0.1) is 0 Å². The van der Waals surface area contributed by atoms with Gasteiger partial charge in [-0.25, -0.2) is 0 Å². The van der Waals surface area contributed by atoms with Gasteiger partial charge in [-0.3, -0.25) is 4.99 Å². The second-order valence-corrected chi connectivity index (χ2v) is 7.98. The van der Waals surface area contributed by atoms with Crippen LogP contribution >= 0.6 is 0 Å². The second-order valence-electron chi connectivity index (χ2n) is 7.98. The minimum atomic E-state index is -1.07. The minimum Gasteiger partial charge on any atom is -0.310 e. The van der Waals surface area contributed by atoms with Gasteiger partial charge in [0.2, 0.25) is 0 Å². The van der Waals surface area contributed by atoms with E-state index in [4.69, 9.17) is 4.99 Å². The van der Waals surface area contributed by atoms with Gasteiger partial charge in [-0.05, 0) is 18.1 Å². The molecule has 1 N–H and O–H groups in total. The average Bonchev–Trinajstić information content (AvgIpc) is 3.10. The van der Waals surface area contributed by atoms with E-state index in [1.807, 2.05) is 116 Å². The Morgan fingerprint density at radius 2 is 0.968 bits per heavy atom. The van der Waals surface area contributed by atoms with Crippen LogP contribution in [-0.2, 0) is 11.2 Å². The zero-order chi connectivity index (χ0) is 21.3. The molecule has 0 aromatic heterocycles. The van der Waals surface area contributed by atoms with E-state index in [2.05, 4.69) is 12.1 Å². The van der Waals surface area contributed by atoms with Gasteiger partial charge in [-0.1, -0.05) is 121 Å². The van der Waals surface area contributed by atoms with Crippen LogP contribution in [-0.4, -0.2) is 16.0 Å². The van der Waals surface area contributed by atoms with Gasteiger partial charge in [-0.15, -0.1) is 5.06 Å². The molecule has 4 aromatic rings. The fourth-order valence-electron chi connectivity index (χ4n) is 4.59. The van der Waals surface area contributed by atoms with Gasteiger partial charge in [0.1, 0.15) is 5.54 Å². The number of aliphatic imine (C=N–C) groups is 1. The molecule has 0 radical (unpaired) electrons. The van der Waals surface area contributed by atoms with E-state index in [9.17, 15) is 5.21 Å². The van der Waals surface area contributed by atoms with Crippen LogP contribution in [0.4, 0.5) is 0 Å². The van der Waals surface area contributed by atoms with Crippen LogP contribution in [0.5, 0.6) is 0 Å². The SMILES string of the molecule is CC1(c2ccccc2)C(c2ccccc2)=NC(c2ccccc2)(c2ccccc2)N1O. The number of rotatable bonds is 4. The summed E-state index contributed by atoms with van der Waals surface area (Å²) in [5.74, 6) is 0. The summed E-state index contributed by atoms with van der Waals surface area (Å²) in [6.45, 7) is 2.04. The summed E-state index contributed by atoms with van der Waals surface area (Å²) in [5, 5.41) is 13.5. The predicted molar refractivity (Wildman–Crippen MR) is 124 cm³/mol. The molecule has 152 valence electrons. The summed E-state index contributed by atoms with van der Waals surface area (Å²) < 4.78 is 0. The molecule has 1 unspecified atom stereocenters. The summed E-state index contributed by atoms with van der Waals surface area (Å²) in [4.78, 5) is 5.33. The van der Waals surface area contributed by atoms with E-state index in [1.54, 1.807) is 0 Å². The Labute approximate surface area is 182 Å². The van der Waals surface area contributed by atoms with Crippen molar-refractivity contribution >= 4 is 5.71 Å². The van der Waals surface area contributed by atoms with Gasteiger partial charge < -0.3 is 5.21 Å². The first kappa shape index (κ1) is 19.4. The molecule has 1 atom stereocenters. The highest BCUT2D eigenvalue weighted by Crippen LogP contribution is 2.50. The van der Waals surface area contributed by atoms with Gasteiger partial charge in [0, 0.05) is 11.1 Å². The lowest BCUT2D eigenvalue weighted by Crippen LogP contribution is -2.51. The van der Waals surface area contributed by atoms with E-state index in [0.29, 0.717) is 0 Å². The Morgan fingerprint density at radius 3 is 1.42 bits per heavy atom. The molecule has 31 heavy (non-hydrogen) atoms. The molecule has 0 bridgehead atoms. The van der Waals surface area contributed by atoms with E-state index in [0.717, 1.165) is 28.0 Å². The highest BCUT2D eigenvalue weighted by atomic mass is 16.5. The standard InChI is InChI=1S/C28H24N2O/c1-27(23-16-8-3-9-17-23)26(22-14-6-2-7-15-22)29-28(30(27)31,24-18-10-4-11-19-24)25-20-12-5-13-21-25/h2-21,31H,1H3. The molecule has 5 rings (SSSR count). The van der Waals surface area contributed by atoms with Crippen molar-refractivity contribution in [2.24, 2.45) is 4.99 Å². The molecule has 1 aliphatic heterocycles. The molecule has 1 aliphatic rings. The topological polar surface area (TPSA) is 35.8 Å². The summed E-state index contributed by atoms with van der Waals surface area (Å²) in [7, 11) is 0. The highest BCUT2D eigenvalue weighted by molar-refractivity contribution is 6.09. The van der Waals surface area contributed by atoms with E-state index < -0.39 is 11.2 Å². The van der Waals surface area contributed by atoms with Crippen LogP contribution in [0.1, 0.15) is 29.2 Å². The van der Waals surface area contributed by atoms with Crippen molar-refractivity contribution < 1.29 is 5.21 Å². The first-order valence-electron chi connectivity index (χ1n) is 10.5. The maximum absolute atomic E-state index is 12.1. The molecule has 1 heterocycles. The quantitative estimate of drug-likeness (QED) is 0.453. The monoisotopic (exact) mass is 404 g/mol. The van der Waals surface area contributed by atoms with Crippen LogP contribution in [0.2, 0.25) is 0 Å². The predicted octanol–water partition coefficient (Wildman–Crippen LogP) is 6.00. The van der Waals surface area contributed by atoms with Crippen molar-refractivity contribution in [3.63, 3.8) is 0 Å². The van der Waals surface area contributed by atoms with Crippen molar-refractivity contribution in [1.82, 2.24) is 5.06 Å². The Balaban J connectivity index is 1.85. The van der Waals surface area contributed by atoms with Crippen molar-refractivity contribution in [3.05, 3.63) is 144 Å². The zero-order valence-corrected chi connectivity index (χ0v) is 17.4. The lowest BCUT2D eigenvalue weighted by atomic mass is 9.82. The van der Waals surface area contributed by atoms with Gasteiger partial charge in [0.05, 0.1) is 5.71 Å². The molecule has 0 amide bonds. The summed E-state index contributed by atoms with van der Waals surface area (Å²) >= 11 is 0. The number of benzene rings is 4. The third-order valence-corrected chi connectivity index (χ3v) is 6.20. The lowest BCUT2D eigenvalue weighted by Gasteiger charge is -2.41. The first-order chi connectivity index (χ1) is 15.2. The molecular formula is C28H24N2O. The lowest BCUT2D eigenvalue weighted by molar-refractivity contribution is -0.198. The van der Waals surface area contributed by atoms with Gasteiger partial charge in [0.15, 0.2) is 5.66 Å². The third kappa shape index (κ3) is 2.94. The van der Waals surface area contributed by atoms with Crippen molar-refractivity contribution in [3.8, 4) is 0 Å². The molecule has 0 aliphatic carbocycles.